The van der Waals surface area contributed by atoms with E-state index in [9.17, 15) is 19.7 Å². The number of anilines is 2. The van der Waals surface area contributed by atoms with Gasteiger partial charge in [0.15, 0.2) is 0 Å². The van der Waals surface area contributed by atoms with Crippen molar-refractivity contribution in [3.8, 4) is 0 Å². The van der Waals surface area contributed by atoms with Gasteiger partial charge in [0, 0.05) is 42.0 Å². The molecule has 0 N–H and O–H groups in total. The fourth-order valence-corrected chi connectivity index (χ4v) is 5.40. The zero-order valence-electron chi connectivity index (χ0n) is 23.2. The van der Waals surface area contributed by atoms with E-state index in [1.807, 2.05) is 66.4 Å². The first kappa shape index (κ1) is 28.7. The number of hydrogen-bond donors (Lipinski definition) is 0. The van der Waals surface area contributed by atoms with Gasteiger partial charge in [-0.1, -0.05) is 69.0 Å². The SMILES string of the molecule is CCCCCCCC(=O)N(c1ccccc1)C1CC(C)N(C(=O)C=Cc2ccc([N+](=O)[O-])cc2)c2ccccc21. The number of carbonyl (C=O) groups is 2. The van der Waals surface area contributed by atoms with E-state index in [-0.39, 0.29) is 29.6 Å². The van der Waals surface area contributed by atoms with Crippen LogP contribution in [0.2, 0.25) is 0 Å². The number of para-hydroxylation sites is 2. The Morgan fingerprint density at radius 1 is 0.950 bits per heavy atom. The van der Waals surface area contributed by atoms with Gasteiger partial charge in [0.1, 0.15) is 0 Å². The van der Waals surface area contributed by atoms with Gasteiger partial charge < -0.3 is 9.80 Å². The molecule has 1 aliphatic rings. The monoisotopic (exact) mass is 539 g/mol. The maximum atomic E-state index is 13.7. The first-order chi connectivity index (χ1) is 19.4. The normalized spacial score (nSPS) is 16.5. The number of nitro benzene ring substituents is 1. The minimum atomic E-state index is -0.447. The zero-order chi connectivity index (χ0) is 28.5. The van der Waals surface area contributed by atoms with Crippen LogP contribution in [0.4, 0.5) is 17.1 Å². The van der Waals surface area contributed by atoms with E-state index in [1.54, 1.807) is 23.1 Å². The van der Waals surface area contributed by atoms with Gasteiger partial charge in [0.05, 0.1) is 11.0 Å². The molecule has 2 atom stereocenters. The summed E-state index contributed by atoms with van der Waals surface area (Å²) in [6, 6.07) is 23.4. The highest BCUT2D eigenvalue weighted by molar-refractivity contribution is 6.05. The van der Waals surface area contributed by atoms with Crippen molar-refractivity contribution in [1.82, 2.24) is 0 Å². The zero-order valence-corrected chi connectivity index (χ0v) is 23.2. The first-order valence-electron chi connectivity index (χ1n) is 14.1. The van der Waals surface area contributed by atoms with Crippen LogP contribution in [-0.2, 0) is 9.59 Å². The summed E-state index contributed by atoms with van der Waals surface area (Å²) in [5, 5.41) is 10.9. The lowest BCUT2D eigenvalue weighted by molar-refractivity contribution is -0.384. The van der Waals surface area contributed by atoms with E-state index in [0.717, 1.165) is 36.2 Å². The molecule has 40 heavy (non-hydrogen) atoms. The Bertz CT molecular complexity index is 1340. The number of hydrogen-bond acceptors (Lipinski definition) is 4. The molecule has 2 unspecified atom stereocenters. The molecule has 0 bridgehead atoms. The van der Waals surface area contributed by atoms with Crippen LogP contribution < -0.4 is 9.80 Å². The largest absolute Gasteiger partial charge is 0.306 e. The van der Waals surface area contributed by atoms with Gasteiger partial charge in [-0.2, -0.15) is 0 Å². The van der Waals surface area contributed by atoms with Crippen LogP contribution in [0.5, 0.6) is 0 Å². The van der Waals surface area contributed by atoms with Crippen molar-refractivity contribution in [3.63, 3.8) is 0 Å². The molecule has 1 heterocycles. The van der Waals surface area contributed by atoms with E-state index in [4.69, 9.17) is 0 Å². The minimum absolute atomic E-state index is 0.00609. The molecule has 3 aromatic rings. The van der Waals surface area contributed by atoms with E-state index < -0.39 is 4.92 Å². The summed E-state index contributed by atoms with van der Waals surface area (Å²) >= 11 is 0. The van der Waals surface area contributed by atoms with E-state index in [0.29, 0.717) is 18.4 Å². The van der Waals surface area contributed by atoms with Gasteiger partial charge in [-0.15, -0.1) is 0 Å². The molecule has 4 rings (SSSR count). The third kappa shape index (κ3) is 6.84. The molecule has 208 valence electrons. The lowest BCUT2D eigenvalue weighted by Crippen LogP contribution is -2.47. The molecule has 0 fully saturated rings. The molecule has 2 amide bonds. The molecule has 7 nitrogen and oxygen atoms in total. The number of non-ortho nitro benzene ring substituents is 1. The predicted molar refractivity (Wildman–Crippen MR) is 160 cm³/mol. The molecule has 0 aliphatic carbocycles. The highest BCUT2D eigenvalue weighted by Gasteiger charge is 2.37. The summed E-state index contributed by atoms with van der Waals surface area (Å²) in [5.41, 5.74) is 3.31. The molecule has 3 aromatic carbocycles. The number of rotatable bonds is 11. The van der Waals surface area contributed by atoms with Crippen molar-refractivity contribution in [2.75, 3.05) is 9.80 Å². The molecule has 0 saturated carbocycles. The molecule has 0 saturated heterocycles. The summed E-state index contributed by atoms with van der Waals surface area (Å²) in [6.07, 6.45) is 9.68. The third-order valence-electron chi connectivity index (χ3n) is 7.43. The van der Waals surface area contributed by atoms with Crippen molar-refractivity contribution >= 4 is 35.0 Å². The highest BCUT2D eigenvalue weighted by Crippen LogP contribution is 2.42. The standard InChI is InChI=1S/C33H37N3O4/c1-3-4-5-6-10-17-32(37)35(27-13-8-7-9-14-27)31-24-25(2)34(30-16-12-11-15-29(30)31)33(38)23-20-26-18-21-28(22-19-26)36(39)40/h7-9,11-16,18-23,25,31H,3-6,10,17,24H2,1-2H3. The number of unbranched alkanes of at least 4 members (excludes halogenated alkanes) is 4. The maximum Gasteiger partial charge on any atom is 0.269 e. The lowest BCUT2D eigenvalue weighted by atomic mass is 9.89. The summed E-state index contributed by atoms with van der Waals surface area (Å²) in [6.45, 7) is 4.20. The molecular formula is C33H37N3O4. The fraction of sp³-hybridized carbons (Fsp3) is 0.333. The number of benzene rings is 3. The van der Waals surface area contributed by atoms with Crippen molar-refractivity contribution in [3.05, 3.63) is 106 Å². The second-order valence-corrected chi connectivity index (χ2v) is 10.3. The molecule has 0 spiro atoms. The smallest absolute Gasteiger partial charge is 0.269 e. The fourth-order valence-electron chi connectivity index (χ4n) is 5.40. The molecule has 7 heteroatoms. The van der Waals surface area contributed by atoms with Crippen LogP contribution in [0.1, 0.15) is 76.0 Å². The Labute approximate surface area is 236 Å². The minimum Gasteiger partial charge on any atom is -0.306 e. The van der Waals surface area contributed by atoms with Crippen molar-refractivity contribution in [1.29, 1.82) is 0 Å². The van der Waals surface area contributed by atoms with E-state index >= 15 is 0 Å². The Kier molecular flexibility index (Phi) is 9.84. The summed E-state index contributed by atoms with van der Waals surface area (Å²) < 4.78 is 0. The quantitative estimate of drug-likeness (QED) is 0.107. The van der Waals surface area contributed by atoms with Crippen molar-refractivity contribution < 1.29 is 14.5 Å². The number of nitrogens with zero attached hydrogens (tertiary/aromatic N) is 3. The van der Waals surface area contributed by atoms with Crippen LogP contribution in [0.3, 0.4) is 0 Å². The number of fused-ring (bicyclic) bond motifs is 1. The molecular weight excluding hydrogens is 502 g/mol. The Morgan fingerprint density at radius 3 is 2.33 bits per heavy atom. The van der Waals surface area contributed by atoms with E-state index in [2.05, 4.69) is 6.92 Å². The third-order valence-corrected chi connectivity index (χ3v) is 7.43. The lowest BCUT2D eigenvalue weighted by Gasteiger charge is -2.43. The van der Waals surface area contributed by atoms with Crippen LogP contribution in [0.25, 0.3) is 6.08 Å². The van der Waals surface area contributed by atoms with Crippen molar-refractivity contribution in [2.45, 2.75) is 70.9 Å². The number of nitro groups is 1. The average molecular weight is 540 g/mol. The number of carbonyl (C=O) groups excluding carboxylic acids is 2. The second kappa shape index (κ2) is 13.7. The van der Waals surface area contributed by atoms with E-state index in [1.165, 1.54) is 31.1 Å². The maximum absolute atomic E-state index is 13.7. The first-order valence-corrected chi connectivity index (χ1v) is 14.1. The molecule has 1 aliphatic heterocycles. The Hall–Kier alpha value is -4.26. The predicted octanol–water partition coefficient (Wildman–Crippen LogP) is 7.87. The van der Waals surface area contributed by atoms with Gasteiger partial charge in [0.25, 0.3) is 11.6 Å². The Morgan fingerprint density at radius 2 is 1.62 bits per heavy atom. The topological polar surface area (TPSA) is 83.8 Å². The summed E-state index contributed by atoms with van der Waals surface area (Å²) in [5.74, 6) is -0.0715. The van der Waals surface area contributed by atoms with Gasteiger partial charge in [-0.3, -0.25) is 19.7 Å². The summed E-state index contributed by atoms with van der Waals surface area (Å²) in [4.78, 5) is 41.4. The van der Waals surface area contributed by atoms with Crippen LogP contribution in [-0.4, -0.2) is 22.8 Å². The van der Waals surface area contributed by atoms with Gasteiger partial charge in [-0.25, -0.2) is 0 Å². The number of amides is 2. The van der Waals surface area contributed by atoms with Crippen LogP contribution >= 0.6 is 0 Å². The average Bonchev–Trinajstić information content (AvgIpc) is 2.97. The van der Waals surface area contributed by atoms with Crippen LogP contribution in [0.15, 0.2) is 84.9 Å². The van der Waals surface area contributed by atoms with Crippen LogP contribution in [0, 0.1) is 10.1 Å². The van der Waals surface area contributed by atoms with Gasteiger partial charge in [0.2, 0.25) is 5.91 Å². The van der Waals surface area contributed by atoms with Gasteiger partial charge >= 0.3 is 0 Å². The highest BCUT2D eigenvalue weighted by atomic mass is 16.6. The molecule has 0 radical (unpaired) electrons. The van der Waals surface area contributed by atoms with Gasteiger partial charge in [-0.05, 0) is 67.3 Å². The Balaban J connectivity index is 1.60. The molecule has 0 aromatic heterocycles. The second-order valence-electron chi connectivity index (χ2n) is 10.3. The van der Waals surface area contributed by atoms with Crippen molar-refractivity contribution in [2.24, 2.45) is 0 Å². The summed E-state index contributed by atoms with van der Waals surface area (Å²) in [7, 11) is 0.